The van der Waals surface area contributed by atoms with E-state index in [0.717, 1.165) is 22.8 Å². The Morgan fingerprint density at radius 1 is 1.29 bits per heavy atom. The maximum Gasteiger partial charge on any atom is 0.240 e. The fourth-order valence-electron chi connectivity index (χ4n) is 1.87. The summed E-state index contributed by atoms with van der Waals surface area (Å²) in [5.41, 5.74) is 0.932. The number of benzene rings is 1. The highest BCUT2D eigenvalue weighted by molar-refractivity contribution is 7.89. The molecule has 0 saturated heterocycles. The van der Waals surface area contributed by atoms with Gasteiger partial charge in [-0.25, -0.2) is 17.5 Å². The number of halogens is 1. The van der Waals surface area contributed by atoms with Gasteiger partial charge in [0.25, 0.3) is 0 Å². The molecule has 0 unspecified atom stereocenters. The van der Waals surface area contributed by atoms with E-state index in [2.05, 4.69) is 14.9 Å². The quantitative estimate of drug-likeness (QED) is 0.770. The zero-order valence-corrected chi connectivity index (χ0v) is 12.4. The van der Waals surface area contributed by atoms with Crippen molar-refractivity contribution in [2.45, 2.75) is 11.3 Å². The number of rotatable bonds is 5. The molecule has 6 nitrogen and oxygen atoms in total. The van der Waals surface area contributed by atoms with Crippen LogP contribution < -0.4 is 4.72 Å². The molecule has 0 bridgehead atoms. The summed E-state index contributed by atoms with van der Waals surface area (Å²) >= 11 is 1.45. The Morgan fingerprint density at radius 2 is 2.05 bits per heavy atom. The Labute approximate surface area is 124 Å². The molecule has 0 aliphatic rings. The van der Waals surface area contributed by atoms with Gasteiger partial charge in [0.05, 0.1) is 4.90 Å². The van der Waals surface area contributed by atoms with Crippen LogP contribution in [0.15, 0.2) is 40.9 Å². The van der Waals surface area contributed by atoms with Gasteiger partial charge in [-0.15, -0.1) is 21.5 Å². The minimum absolute atomic E-state index is 0.0451. The molecule has 110 valence electrons. The Kier molecular flexibility index (Phi) is 3.70. The molecular formula is C12H11FN4O2S2. The highest BCUT2D eigenvalue weighted by Crippen LogP contribution is 2.14. The van der Waals surface area contributed by atoms with Gasteiger partial charge in [-0.2, -0.15) is 0 Å². The van der Waals surface area contributed by atoms with E-state index in [4.69, 9.17) is 0 Å². The highest BCUT2D eigenvalue weighted by Gasteiger charge is 2.14. The van der Waals surface area contributed by atoms with Crippen LogP contribution in [-0.4, -0.2) is 29.6 Å². The summed E-state index contributed by atoms with van der Waals surface area (Å²) in [6.07, 6.45) is 2.11. The number of nitrogens with one attached hydrogen (secondary N) is 1. The normalized spacial score (nSPS) is 12.0. The first kappa shape index (κ1) is 14.1. The van der Waals surface area contributed by atoms with E-state index in [1.807, 2.05) is 9.78 Å². The number of sulfonamides is 1. The second-order valence-corrected chi connectivity index (χ2v) is 6.92. The third kappa shape index (κ3) is 2.94. The molecule has 0 saturated carbocycles. The van der Waals surface area contributed by atoms with E-state index in [0.29, 0.717) is 6.42 Å². The second kappa shape index (κ2) is 5.51. The van der Waals surface area contributed by atoms with Crippen LogP contribution >= 0.6 is 11.3 Å². The lowest BCUT2D eigenvalue weighted by atomic mass is 10.3. The molecule has 1 N–H and O–H groups in total. The smallest absolute Gasteiger partial charge is 0.240 e. The zero-order chi connectivity index (χ0) is 14.9. The SMILES string of the molecule is O=S(=O)(NCCc1csc2nncn12)c1ccc(F)cc1. The highest BCUT2D eigenvalue weighted by atomic mass is 32.2. The van der Waals surface area contributed by atoms with Gasteiger partial charge < -0.3 is 0 Å². The number of nitrogens with zero attached hydrogens (tertiary/aromatic N) is 3. The zero-order valence-electron chi connectivity index (χ0n) is 10.7. The summed E-state index contributed by atoms with van der Waals surface area (Å²) in [5.74, 6) is -0.470. The van der Waals surface area contributed by atoms with Gasteiger partial charge in [-0.05, 0) is 24.3 Å². The molecule has 0 spiro atoms. The maximum absolute atomic E-state index is 12.8. The van der Waals surface area contributed by atoms with Crippen molar-refractivity contribution in [2.75, 3.05) is 6.54 Å². The molecule has 2 aromatic heterocycles. The van der Waals surface area contributed by atoms with Crippen LogP contribution in [-0.2, 0) is 16.4 Å². The van der Waals surface area contributed by atoms with E-state index >= 15 is 0 Å². The van der Waals surface area contributed by atoms with Gasteiger partial charge >= 0.3 is 0 Å². The molecule has 0 aliphatic heterocycles. The predicted molar refractivity (Wildman–Crippen MR) is 76.2 cm³/mol. The van der Waals surface area contributed by atoms with Crippen molar-refractivity contribution < 1.29 is 12.8 Å². The van der Waals surface area contributed by atoms with Gasteiger partial charge in [-0.1, -0.05) is 0 Å². The lowest BCUT2D eigenvalue weighted by Gasteiger charge is -2.06. The Balaban J connectivity index is 1.67. The van der Waals surface area contributed by atoms with Gasteiger partial charge in [0.2, 0.25) is 15.0 Å². The average molecular weight is 326 g/mol. The largest absolute Gasteiger partial charge is 0.276 e. The van der Waals surface area contributed by atoms with Crippen LogP contribution in [0.2, 0.25) is 0 Å². The van der Waals surface area contributed by atoms with Gasteiger partial charge in [0.1, 0.15) is 12.1 Å². The third-order valence-corrected chi connectivity index (χ3v) is 5.28. The summed E-state index contributed by atoms with van der Waals surface area (Å²) < 4.78 is 41.2. The molecule has 0 atom stereocenters. The molecule has 0 radical (unpaired) electrons. The van der Waals surface area contributed by atoms with Crippen LogP contribution in [0.3, 0.4) is 0 Å². The van der Waals surface area contributed by atoms with E-state index in [9.17, 15) is 12.8 Å². The third-order valence-electron chi connectivity index (χ3n) is 2.92. The molecule has 9 heteroatoms. The lowest BCUT2D eigenvalue weighted by molar-refractivity contribution is 0.580. The molecule has 2 heterocycles. The van der Waals surface area contributed by atoms with Crippen LogP contribution in [0.4, 0.5) is 4.39 Å². The Morgan fingerprint density at radius 3 is 2.81 bits per heavy atom. The van der Waals surface area contributed by atoms with Crippen molar-refractivity contribution in [1.82, 2.24) is 19.3 Å². The van der Waals surface area contributed by atoms with Crippen molar-refractivity contribution in [3.63, 3.8) is 0 Å². The minimum Gasteiger partial charge on any atom is -0.276 e. The Hall–Kier alpha value is -1.84. The van der Waals surface area contributed by atoms with Crippen LogP contribution in [0, 0.1) is 5.82 Å². The van der Waals surface area contributed by atoms with Crippen LogP contribution in [0.25, 0.3) is 4.96 Å². The summed E-state index contributed by atoms with van der Waals surface area (Å²) in [5, 5.41) is 9.61. The first-order valence-corrected chi connectivity index (χ1v) is 8.44. The van der Waals surface area contributed by atoms with Crippen molar-refractivity contribution in [3.05, 3.63) is 47.5 Å². The van der Waals surface area contributed by atoms with Gasteiger partial charge in [0.15, 0.2) is 0 Å². The van der Waals surface area contributed by atoms with E-state index in [1.165, 1.54) is 23.5 Å². The molecule has 21 heavy (non-hydrogen) atoms. The van der Waals surface area contributed by atoms with Crippen LogP contribution in [0.5, 0.6) is 0 Å². The molecule has 3 rings (SSSR count). The Bertz CT molecular complexity index is 855. The first-order valence-electron chi connectivity index (χ1n) is 6.07. The molecule has 3 aromatic rings. The summed E-state index contributed by atoms with van der Waals surface area (Å²) in [6.45, 7) is 0.240. The van der Waals surface area contributed by atoms with Crippen LogP contribution in [0.1, 0.15) is 5.69 Å². The number of thiazole rings is 1. The maximum atomic E-state index is 12.8. The monoisotopic (exact) mass is 326 g/mol. The van der Waals surface area contributed by atoms with Crippen molar-refractivity contribution >= 4 is 26.3 Å². The first-order chi connectivity index (χ1) is 10.1. The number of fused-ring (bicyclic) bond motifs is 1. The van der Waals surface area contributed by atoms with Gasteiger partial charge in [-0.3, -0.25) is 4.40 Å². The van der Waals surface area contributed by atoms with E-state index in [-0.39, 0.29) is 11.4 Å². The standard InChI is InChI=1S/C12H11FN4O2S2/c13-9-1-3-11(4-2-9)21(18,19)15-6-5-10-7-20-12-16-14-8-17(10)12/h1-4,7-8,15H,5-6H2. The second-order valence-electron chi connectivity index (χ2n) is 4.31. The molecule has 1 aromatic carbocycles. The fraction of sp³-hybridized carbons (Fsp3) is 0.167. The average Bonchev–Trinajstić information content (AvgIpc) is 3.04. The molecule has 0 aliphatic carbocycles. The van der Waals surface area contributed by atoms with E-state index < -0.39 is 15.8 Å². The summed E-state index contributed by atoms with van der Waals surface area (Å²) in [6, 6.07) is 4.71. The summed E-state index contributed by atoms with van der Waals surface area (Å²) in [4.78, 5) is 0.815. The lowest BCUT2D eigenvalue weighted by Crippen LogP contribution is -2.26. The summed E-state index contributed by atoms with van der Waals surface area (Å²) in [7, 11) is -3.62. The van der Waals surface area contributed by atoms with Gasteiger partial charge in [0, 0.05) is 24.0 Å². The van der Waals surface area contributed by atoms with Crippen molar-refractivity contribution in [1.29, 1.82) is 0 Å². The molecule has 0 amide bonds. The number of aromatic nitrogens is 3. The molecular weight excluding hydrogens is 315 g/mol. The van der Waals surface area contributed by atoms with Crippen molar-refractivity contribution in [2.24, 2.45) is 0 Å². The molecule has 0 fully saturated rings. The number of hydrogen-bond acceptors (Lipinski definition) is 5. The number of hydrogen-bond donors (Lipinski definition) is 1. The fourth-order valence-corrected chi connectivity index (χ4v) is 3.75. The minimum atomic E-state index is -3.62. The van der Waals surface area contributed by atoms with Crippen molar-refractivity contribution in [3.8, 4) is 0 Å². The predicted octanol–water partition coefficient (Wildman–Crippen LogP) is 1.45. The van der Waals surface area contributed by atoms with E-state index in [1.54, 1.807) is 6.33 Å². The topological polar surface area (TPSA) is 76.4 Å².